The van der Waals surface area contributed by atoms with Gasteiger partial charge in [0.1, 0.15) is 12.4 Å². The number of nitrogens with zero attached hydrogens (tertiary/aromatic N) is 2. The van der Waals surface area contributed by atoms with Crippen LogP contribution in [-0.2, 0) is 24.5 Å². The summed E-state index contributed by atoms with van der Waals surface area (Å²) in [7, 11) is 0. The van der Waals surface area contributed by atoms with Gasteiger partial charge in [-0.2, -0.15) is 0 Å². The van der Waals surface area contributed by atoms with Crippen molar-refractivity contribution in [3.05, 3.63) is 66.1 Å². The van der Waals surface area contributed by atoms with Crippen molar-refractivity contribution in [2.75, 3.05) is 0 Å². The molecular formula is C19H19N3O. The molecule has 0 amide bonds. The summed E-state index contributed by atoms with van der Waals surface area (Å²) in [6, 6.07) is 16.5. The largest absolute Gasteiger partial charge is 0.369 e. The Kier molecular flexibility index (Phi) is 3.60. The first-order valence-corrected chi connectivity index (χ1v) is 7.93. The number of hydrogen-bond donors (Lipinski definition) is 1. The number of nitrogens with one attached hydrogen (secondary N) is 1. The molecule has 0 fully saturated rings. The molecule has 0 aliphatic carbocycles. The fourth-order valence-electron chi connectivity index (χ4n) is 3.03. The lowest BCUT2D eigenvalue weighted by Crippen LogP contribution is -1.95. The first kappa shape index (κ1) is 14.0. The number of para-hydroxylation sites is 3. The smallest absolute Gasteiger partial charge is 0.133 e. The van der Waals surface area contributed by atoms with E-state index in [1.807, 2.05) is 24.3 Å². The summed E-state index contributed by atoms with van der Waals surface area (Å²) in [4.78, 5) is 7.84. The van der Waals surface area contributed by atoms with Gasteiger partial charge < -0.3 is 14.3 Å². The standard InChI is InChI=1S/C19H19N3O/c1-2-22-11-14(15-7-3-6-10-18(15)22)12-23-13-19-20-16-8-4-5-9-17(16)21-19/h3-11H,2,12-13H2,1H3,(H,20,21). The number of aromatic nitrogens is 3. The molecule has 1 N–H and O–H groups in total. The predicted molar refractivity (Wildman–Crippen MR) is 92.2 cm³/mol. The van der Waals surface area contributed by atoms with E-state index in [1.54, 1.807) is 0 Å². The molecule has 0 unspecified atom stereocenters. The van der Waals surface area contributed by atoms with E-state index in [4.69, 9.17) is 4.74 Å². The summed E-state index contributed by atoms with van der Waals surface area (Å²) in [5, 5.41) is 1.26. The van der Waals surface area contributed by atoms with Crippen LogP contribution in [0.4, 0.5) is 0 Å². The highest BCUT2D eigenvalue weighted by Crippen LogP contribution is 2.22. The van der Waals surface area contributed by atoms with Gasteiger partial charge in [-0.05, 0) is 25.1 Å². The van der Waals surface area contributed by atoms with Crippen LogP contribution in [0.3, 0.4) is 0 Å². The SMILES string of the molecule is CCn1cc(COCc2nc3ccccc3[nH]2)c2ccccc21. The number of imidazole rings is 1. The molecule has 2 aromatic heterocycles. The molecule has 0 spiro atoms. The Morgan fingerprint density at radius 1 is 1.04 bits per heavy atom. The minimum atomic E-state index is 0.486. The van der Waals surface area contributed by atoms with Crippen molar-refractivity contribution >= 4 is 21.9 Å². The number of hydrogen-bond acceptors (Lipinski definition) is 2. The second-order valence-corrected chi connectivity index (χ2v) is 5.65. The van der Waals surface area contributed by atoms with E-state index in [2.05, 4.69) is 51.9 Å². The van der Waals surface area contributed by atoms with Gasteiger partial charge in [0.15, 0.2) is 0 Å². The Bertz CT molecular complexity index is 918. The Hall–Kier alpha value is -2.59. The Labute approximate surface area is 134 Å². The minimum Gasteiger partial charge on any atom is -0.369 e. The molecule has 116 valence electrons. The van der Waals surface area contributed by atoms with Gasteiger partial charge in [-0.3, -0.25) is 0 Å². The average Bonchev–Trinajstić information content (AvgIpc) is 3.16. The number of ether oxygens (including phenoxy) is 1. The van der Waals surface area contributed by atoms with Crippen molar-refractivity contribution < 1.29 is 4.74 Å². The summed E-state index contributed by atoms with van der Waals surface area (Å²) in [5.41, 5.74) is 4.51. The summed E-state index contributed by atoms with van der Waals surface area (Å²) in [6.45, 7) is 4.19. The summed E-state index contributed by atoms with van der Waals surface area (Å²) < 4.78 is 8.15. The number of H-pyrrole nitrogens is 1. The molecule has 0 aliphatic heterocycles. The number of rotatable bonds is 5. The molecule has 4 rings (SSSR count). The lowest BCUT2D eigenvalue weighted by molar-refractivity contribution is 0.103. The topological polar surface area (TPSA) is 42.8 Å². The quantitative estimate of drug-likeness (QED) is 0.599. The van der Waals surface area contributed by atoms with Crippen molar-refractivity contribution in [3.8, 4) is 0 Å². The molecule has 4 nitrogen and oxygen atoms in total. The maximum atomic E-state index is 5.89. The highest BCUT2D eigenvalue weighted by molar-refractivity contribution is 5.83. The van der Waals surface area contributed by atoms with E-state index in [-0.39, 0.29) is 0 Å². The summed E-state index contributed by atoms with van der Waals surface area (Å²) in [6.07, 6.45) is 2.18. The molecule has 0 bridgehead atoms. The molecule has 4 aromatic rings. The first-order valence-electron chi connectivity index (χ1n) is 7.93. The number of aryl methyl sites for hydroxylation is 1. The van der Waals surface area contributed by atoms with Crippen LogP contribution in [0.15, 0.2) is 54.7 Å². The zero-order chi connectivity index (χ0) is 15.6. The Balaban J connectivity index is 1.51. The second-order valence-electron chi connectivity index (χ2n) is 5.65. The highest BCUT2D eigenvalue weighted by Gasteiger charge is 2.08. The van der Waals surface area contributed by atoms with Gasteiger partial charge in [0, 0.05) is 29.2 Å². The predicted octanol–water partition coefficient (Wildman–Crippen LogP) is 4.25. The molecule has 0 atom stereocenters. The van der Waals surface area contributed by atoms with E-state index in [0.29, 0.717) is 13.2 Å². The lowest BCUT2D eigenvalue weighted by Gasteiger charge is -2.01. The van der Waals surface area contributed by atoms with Crippen LogP contribution in [0, 0.1) is 0 Å². The normalized spacial score (nSPS) is 11.5. The van der Waals surface area contributed by atoms with E-state index < -0.39 is 0 Å². The van der Waals surface area contributed by atoms with Gasteiger partial charge in [0.2, 0.25) is 0 Å². The molecule has 2 heterocycles. The lowest BCUT2D eigenvalue weighted by atomic mass is 10.2. The first-order chi connectivity index (χ1) is 11.3. The van der Waals surface area contributed by atoms with Crippen molar-refractivity contribution in [3.63, 3.8) is 0 Å². The highest BCUT2D eigenvalue weighted by atomic mass is 16.5. The van der Waals surface area contributed by atoms with Gasteiger partial charge in [0.05, 0.1) is 17.6 Å². The van der Waals surface area contributed by atoms with Gasteiger partial charge in [-0.25, -0.2) is 4.98 Å². The van der Waals surface area contributed by atoms with E-state index in [0.717, 1.165) is 23.4 Å². The maximum Gasteiger partial charge on any atom is 0.133 e. The zero-order valence-corrected chi connectivity index (χ0v) is 13.1. The molecule has 23 heavy (non-hydrogen) atoms. The fraction of sp³-hybridized carbons (Fsp3) is 0.211. The van der Waals surface area contributed by atoms with Gasteiger partial charge >= 0.3 is 0 Å². The van der Waals surface area contributed by atoms with Crippen LogP contribution < -0.4 is 0 Å². The van der Waals surface area contributed by atoms with E-state index in [9.17, 15) is 0 Å². The van der Waals surface area contributed by atoms with Crippen LogP contribution in [0.1, 0.15) is 18.3 Å². The molecule has 2 aromatic carbocycles. The molecule has 0 saturated heterocycles. The molecule has 0 radical (unpaired) electrons. The minimum absolute atomic E-state index is 0.486. The van der Waals surface area contributed by atoms with Crippen LogP contribution in [0.25, 0.3) is 21.9 Å². The second kappa shape index (κ2) is 5.89. The number of fused-ring (bicyclic) bond motifs is 2. The van der Waals surface area contributed by atoms with Gasteiger partial charge in [0.25, 0.3) is 0 Å². The average molecular weight is 305 g/mol. The van der Waals surface area contributed by atoms with Crippen molar-refractivity contribution in [2.45, 2.75) is 26.7 Å². The van der Waals surface area contributed by atoms with Gasteiger partial charge in [-0.1, -0.05) is 30.3 Å². The van der Waals surface area contributed by atoms with Gasteiger partial charge in [-0.15, -0.1) is 0 Å². The van der Waals surface area contributed by atoms with E-state index >= 15 is 0 Å². The van der Waals surface area contributed by atoms with Crippen molar-refractivity contribution in [1.82, 2.24) is 14.5 Å². The summed E-state index contributed by atoms with van der Waals surface area (Å²) in [5.74, 6) is 0.866. The number of aromatic amines is 1. The van der Waals surface area contributed by atoms with Crippen LogP contribution >= 0.6 is 0 Å². The van der Waals surface area contributed by atoms with E-state index in [1.165, 1.54) is 16.5 Å². The van der Waals surface area contributed by atoms with Crippen LogP contribution in [-0.4, -0.2) is 14.5 Å². The summed E-state index contributed by atoms with van der Waals surface area (Å²) >= 11 is 0. The molecule has 0 saturated carbocycles. The third-order valence-electron chi connectivity index (χ3n) is 4.15. The number of benzene rings is 2. The third-order valence-corrected chi connectivity index (χ3v) is 4.15. The third kappa shape index (κ3) is 2.62. The molecule has 4 heteroatoms. The van der Waals surface area contributed by atoms with Crippen LogP contribution in [0.5, 0.6) is 0 Å². The Morgan fingerprint density at radius 3 is 2.74 bits per heavy atom. The van der Waals surface area contributed by atoms with Crippen LogP contribution in [0.2, 0.25) is 0 Å². The van der Waals surface area contributed by atoms with Crippen molar-refractivity contribution in [2.24, 2.45) is 0 Å². The maximum absolute atomic E-state index is 5.89. The fourth-order valence-corrected chi connectivity index (χ4v) is 3.03. The molecular weight excluding hydrogens is 286 g/mol. The monoisotopic (exact) mass is 305 g/mol. The van der Waals surface area contributed by atoms with Crippen molar-refractivity contribution in [1.29, 1.82) is 0 Å². The zero-order valence-electron chi connectivity index (χ0n) is 13.1. The molecule has 0 aliphatic rings. The Morgan fingerprint density at radius 2 is 1.87 bits per heavy atom.